The molecule has 2 N–H and O–H groups in total. The Morgan fingerprint density at radius 3 is 2.51 bits per heavy atom. The summed E-state index contributed by atoms with van der Waals surface area (Å²) in [5, 5.41) is 21.4. The Hall–Kier alpha value is -4.17. The molecule has 2 heterocycles. The number of fused-ring (bicyclic) bond motifs is 1. The average molecular weight is 487 g/mol. The first-order chi connectivity index (χ1) is 16.8. The molecule has 1 fully saturated rings. The summed E-state index contributed by atoms with van der Waals surface area (Å²) < 4.78 is 6.15. The maximum Gasteiger partial charge on any atom is 0.301 e. The van der Waals surface area contributed by atoms with Crippen molar-refractivity contribution in [2.24, 2.45) is 0 Å². The number of ether oxygens (including phenoxy) is 1. The summed E-state index contributed by atoms with van der Waals surface area (Å²) in [5.74, 6) is -1.35. The van der Waals surface area contributed by atoms with Gasteiger partial charge >= 0.3 is 5.91 Å². The van der Waals surface area contributed by atoms with Crippen molar-refractivity contribution in [2.75, 3.05) is 12.0 Å². The summed E-state index contributed by atoms with van der Waals surface area (Å²) in [6.07, 6.45) is 0. The number of ketones is 1. The minimum atomic E-state index is -0.927. The summed E-state index contributed by atoms with van der Waals surface area (Å²) in [6.45, 7) is 3.94. The van der Waals surface area contributed by atoms with Crippen molar-refractivity contribution in [1.29, 1.82) is 0 Å². The number of aryl methyl sites for hydroxylation is 2. The number of carbonyl (C=O) groups excluding carboxylic acids is 2. The molecule has 35 heavy (non-hydrogen) atoms. The Kier molecular flexibility index (Phi) is 5.53. The Morgan fingerprint density at radius 2 is 1.80 bits per heavy atom. The van der Waals surface area contributed by atoms with E-state index in [1.807, 2.05) is 26.0 Å². The standard InChI is InChI=1S/C27H22N2O5S/c1-14-11-15(2)22-20(12-14)35-27(28-22)29-23(16-7-9-18(30)10-8-16)21(25(32)26(29)33)24(31)17-5-4-6-19(13-17)34-3/h4-13,23,30-31H,1-3H3. The number of aromatic hydroxyl groups is 1. The SMILES string of the molecule is COc1cccc(C(O)=C2C(=O)C(=O)N(c3nc4c(C)cc(C)cc4s3)C2c2ccc(O)cc2)c1. The van der Waals surface area contributed by atoms with Crippen LogP contribution in [0.25, 0.3) is 16.0 Å². The van der Waals surface area contributed by atoms with Crippen LogP contribution in [0.4, 0.5) is 5.13 Å². The Bertz CT molecular complexity index is 1520. The second-order valence-corrected chi connectivity index (χ2v) is 9.43. The van der Waals surface area contributed by atoms with Gasteiger partial charge in [0.2, 0.25) is 0 Å². The highest BCUT2D eigenvalue weighted by Gasteiger charge is 2.48. The van der Waals surface area contributed by atoms with E-state index in [1.54, 1.807) is 36.4 Å². The molecule has 0 spiro atoms. The number of anilines is 1. The van der Waals surface area contributed by atoms with Crippen molar-refractivity contribution < 1.29 is 24.5 Å². The quantitative estimate of drug-likeness (QED) is 0.232. The third kappa shape index (κ3) is 3.81. The first kappa shape index (κ1) is 22.6. The number of aliphatic hydroxyl groups excluding tert-OH is 1. The van der Waals surface area contributed by atoms with Crippen LogP contribution < -0.4 is 9.64 Å². The number of hydrogen-bond acceptors (Lipinski definition) is 7. The predicted molar refractivity (Wildman–Crippen MR) is 135 cm³/mol. The first-order valence-electron chi connectivity index (χ1n) is 10.9. The van der Waals surface area contributed by atoms with Crippen LogP contribution >= 0.6 is 11.3 Å². The van der Waals surface area contributed by atoms with Gasteiger partial charge in [0.25, 0.3) is 5.78 Å². The van der Waals surface area contributed by atoms with Crippen molar-refractivity contribution in [3.63, 3.8) is 0 Å². The van der Waals surface area contributed by atoms with Gasteiger partial charge in [0, 0.05) is 5.56 Å². The van der Waals surface area contributed by atoms with Crippen LogP contribution in [-0.2, 0) is 9.59 Å². The number of aliphatic hydroxyl groups is 1. The molecule has 1 aromatic heterocycles. The van der Waals surface area contributed by atoms with Gasteiger partial charge in [0.05, 0.1) is 28.9 Å². The minimum absolute atomic E-state index is 0.0459. The molecule has 0 bridgehead atoms. The van der Waals surface area contributed by atoms with Crippen molar-refractivity contribution in [3.05, 3.63) is 88.5 Å². The van der Waals surface area contributed by atoms with Gasteiger partial charge in [0.15, 0.2) is 5.13 Å². The van der Waals surface area contributed by atoms with Crippen LogP contribution in [0.3, 0.4) is 0 Å². The number of Topliss-reactive ketones (excluding diaryl/α,β-unsaturated/α-hetero) is 1. The molecular formula is C27H22N2O5S. The lowest BCUT2D eigenvalue weighted by molar-refractivity contribution is -0.132. The molecule has 1 saturated heterocycles. The molecular weight excluding hydrogens is 464 g/mol. The van der Waals surface area contributed by atoms with Gasteiger partial charge in [-0.25, -0.2) is 4.98 Å². The number of phenolic OH excluding ortho intramolecular Hbond substituents is 1. The van der Waals surface area contributed by atoms with E-state index in [9.17, 15) is 19.8 Å². The second-order valence-electron chi connectivity index (χ2n) is 8.42. The van der Waals surface area contributed by atoms with Gasteiger partial charge in [-0.2, -0.15) is 0 Å². The number of rotatable bonds is 4. The number of carbonyl (C=O) groups is 2. The molecule has 0 saturated carbocycles. The van der Waals surface area contributed by atoms with Crippen LogP contribution in [-0.4, -0.2) is 34.0 Å². The highest BCUT2D eigenvalue weighted by Crippen LogP contribution is 2.45. The van der Waals surface area contributed by atoms with Crippen LogP contribution in [0.2, 0.25) is 0 Å². The van der Waals surface area contributed by atoms with Crippen LogP contribution in [0, 0.1) is 13.8 Å². The Labute approximate surface area is 205 Å². The Morgan fingerprint density at radius 1 is 1.06 bits per heavy atom. The second kappa shape index (κ2) is 8.56. The van der Waals surface area contributed by atoms with E-state index in [1.165, 1.54) is 35.5 Å². The van der Waals surface area contributed by atoms with Crippen molar-refractivity contribution in [2.45, 2.75) is 19.9 Å². The number of phenols is 1. The summed E-state index contributed by atoms with van der Waals surface area (Å²) in [4.78, 5) is 32.7. The van der Waals surface area contributed by atoms with Crippen molar-refractivity contribution >= 4 is 44.1 Å². The lowest BCUT2D eigenvalue weighted by Crippen LogP contribution is -2.29. The predicted octanol–water partition coefficient (Wildman–Crippen LogP) is 5.25. The van der Waals surface area contributed by atoms with Gasteiger partial charge < -0.3 is 14.9 Å². The molecule has 1 atom stereocenters. The molecule has 7 nitrogen and oxygen atoms in total. The van der Waals surface area contributed by atoms with E-state index in [-0.39, 0.29) is 17.1 Å². The molecule has 0 aliphatic carbocycles. The monoisotopic (exact) mass is 486 g/mol. The highest BCUT2D eigenvalue weighted by atomic mass is 32.1. The van der Waals surface area contributed by atoms with Crippen LogP contribution in [0.15, 0.2) is 66.2 Å². The molecule has 176 valence electrons. The highest BCUT2D eigenvalue weighted by molar-refractivity contribution is 7.22. The number of benzene rings is 3. The van der Waals surface area contributed by atoms with Gasteiger partial charge in [-0.1, -0.05) is 41.7 Å². The van der Waals surface area contributed by atoms with E-state index in [4.69, 9.17) is 9.72 Å². The lowest BCUT2D eigenvalue weighted by atomic mass is 9.95. The summed E-state index contributed by atoms with van der Waals surface area (Å²) in [5.41, 5.74) is 3.65. The van der Waals surface area contributed by atoms with Crippen molar-refractivity contribution in [3.8, 4) is 11.5 Å². The normalized spacial score (nSPS) is 17.3. The van der Waals surface area contributed by atoms with E-state index in [2.05, 4.69) is 0 Å². The zero-order valence-corrected chi connectivity index (χ0v) is 20.1. The fourth-order valence-corrected chi connectivity index (χ4v) is 5.56. The molecule has 5 rings (SSSR count). The smallest absolute Gasteiger partial charge is 0.301 e. The molecule has 1 amide bonds. The first-order valence-corrected chi connectivity index (χ1v) is 11.7. The fourth-order valence-electron chi connectivity index (χ4n) is 4.39. The van der Waals surface area contributed by atoms with E-state index < -0.39 is 17.7 Å². The number of thiazole rings is 1. The fraction of sp³-hybridized carbons (Fsp3) is 0.148. The lowest BCUT2D eigenvalue weighted by Gasteiger charge is -2.23. The average Bonchev–Trinajstić information content (AvgIpc) is 3.38. The molecule has 4 aromatic rings. The zero-order chi connectivity index (χ0) is 24.9. The molecule has 1 aliphatic heterocycles. The largest absolute Gasteiger partial charge is 0.508 e. The molecule has 8 heteroatoms. The number of hydrogen-bond donors (Lipinski definition) is 2. The molecule has 3 aromatic carbocycles. The summed E-state index contributed by atoms with van der Waals surface area (Å²) in [6, 6.07) is 15.9. The third-order valence-corrected chi connectivity index (χ3v) is 7.02. The molecule has 1 unspecified atom stereocenters. The third-order valence-electron chi connectivity index (χ3n) is 6.02. The number of aromatic nitrogens is 1. The summed E-state index contributed by atoms with van der Waals surface area (Å²) in [7, 11) is 1.51. The summed E-state index contributed by atoms with van der Waals surface area (Å²) >= 11 is 1.31. The number of amides is 1. The van der Waals surface area contributed by atoms with Gasteiger partial charge in [-0.15, -0.1) is 0 Å². The van der Waals surface area contributed by atoms with E-state index in [0.29, 0.717) is 22.0 Å². The maximum absolute atomic E-state index is 13.4. The van der Waals surface area contributed by atoms with E-state index >= 15 is 0 Å². The van der Waals surface area contributed by atoms with Gasteiger partial charge in [0.1, 0.15) is 17.3 Å². The van der Waals surface area contributed by atoms with Gasteiger partial charge in [-0.3, -0.25) is 14.5 Å². The number of nitrogens with zero attached hydrogens (tertiary/aromatic N) is 2. The van der Waals surface area contributed by atoms with Crippen LogP contribution in [0.5, 0.6) is 11.5 Å². The topological polar surface area (TPSA) is 100.0 Å². The minimum Gasteiger partial charge on any atom is -0.508 e. The van der Waals surface area contributed by atoms with Gasteiger partial charge in [-0.05, 0) is 60.9 Å². The maximum atomic E-state index is 13.4. The Balaban J connectivity index is 1.74. The molecule has 0 radical (unpaired) electrons. The van der Waals surface area contributed by atoms with Crippen LogP contribution in [0.1, 0.15) is 28.3 Å². The van der Waals surface area contributed by atoms with Crippen molar-refractivity contribution in [1.82, 2.24) is 4.98 Å². The van der Waals surface area contributed by atoms with E-state index in [0.717, 1.165) is 21.3 Å². The molecule has 1 aliphatic rings. The zero-order valence-electron chi connectivity index (χ0n) is 19.3. The number of methoxy groups -OCH3 is 1.